The highest BCUT2D eigenvalue weighted by Gasteiger charge is 2.53. The first-order valence-corrected chi connectivity index (χ1v) is 14.7. The highest BCUT2D eigenvalue weighted by atomic mass is 32.2. The number of fused-ring (bicyclic) bond motifs is 1. The Balaban J connectivity index is 1.76. The highest BCUT2D eigenvalue weighted by Crippen LogP contribution is 2.56. The monoisotopic (exact) mass is 515 g/mol. The maximum atomic E-state index is 13.5. The number of aliphatic carboxylic acids is 1. The summed E-state index contributed by atoms with van der Waals surface area (Å²) in [6.45, 7) is 0. The summed E-state index contributed by atoms with van der Waals surface area (Å²) in [6.07, 6.45) is -0.146. The Hall–Kier alpha value is -3.80. The van der Waals surface area contributed by atoms with Crippen molar-refractivity contribution in [1.29, 1.82) is 0 Å². The number of carbonyl (C=O) groups excluding carboxylic acids is 2. The van der Waals surface area contributed by atoms with Crippen LogP contribution in [0.25, 0.3) is 0 Å². The Morgan fingerprint density at radius 3 is 1.56 bits per heavy atom. The summed E-state index contributed by atoms with van der Waals surface area (Å²) < 4.78 is 27.4. The minimum atomic E-state index is -4.38. The molecule has 0 bridgehead atoms. The topological polar surface area (TPSA) is 94.6 Å². The van der Waals surface area contributed by atoms with Gasteiger partial charge in [-0.2, -0.15) is 0 Å². The van der Waals surface area contributed by atoms with E-state index in [4.69, 9.17) is 0 Å². The first-order chi connectivity index (χ1) is 17.4. The van der Waals surface area contributed by atoms with Gasteiger partial charge in [0.25, 0.3) is 15.9 Å². The van der Waals surface area contributed by atoms with Gasteiger partial charge in [-0.15, -0.1) is 0 Å². The van der Waals surface area contributed by atoms with Gasteiger partial charge < -0.3 is 9.90 Å². The zero-order valence-corrected chi connectivity index (χ0v) is 20.8. The van der Waals surface area contributed by atoms with Crippen molar-refractivity contribution < 1.29 is 23.1 Å². The van der Waals surface area contributed by atoms with E-state index in [9.17, 15) is 23.1 Å². The minimum Gasteiger partial charge on any atom is -0.548 e. The van der Waals surface area contributed by atoms with Gasteiger partial charge in [0.15, 0.2) is 0 Å². The van der Waals surface area contributed by atoms with Crippen molar-refractivity contribution in [2.75, 3.05) is 6.16 Å². The number of hydrogen-bond acceptors (Lipinski definition) is 5. The van der Waals surface area contributed by atoms with E-state index in [2.05, 4.69) is 0 Å². The molecule has 4 aromatic rings. The van der Waals surface area contributed by atoms with E-state index in [1.54, 1.807) is 6.07 Å². The fourth-order valence-corrected chi connectivity index (χ4v) is 11.0. The average molecular weight is 516 g/mol. The summed E-state index contributed by atoms with van der Waals surface area (Å²) in [6, 6.07) is 32.5. The molecule has 0 radical (unpaired) electrons. The number of hydrogen-bond donors (Lipinski definition) is 0. The molecule has 5 rings (SSSR count). The van der Waals surface area contributed by atoms with Crippen LogP contribution in [0.1, 0.15) is 10.4 Å². The molecule has 4 aromatic carbocycles. The second kappa shape index (κ2) is 9.34. The molecule has 1 heterocycles. The van der Waals surface area contributed by atoms with Crippen LogP contribution in [0.3, 0.4) is 0 Å². The van der Waals surface area contributed by atoms with Gasteiger partial charge in [0.1, 0.15) is 40.3 Å². The third kappa shape index (κ3) is 3.81. The van der Waals surface area contributed by atoms with Crippen LogP contribution >= 0.6 is 7.26 Å². The smallest absolute Gasteiger partial charge is 0.269 e. The molecule has 36 heavy (non-hydrogen) atoms. The summed E-state index contributed by atoms with van der Waals surface area (Å²) in [5.74, 6) is -2.47. The van der Waals surface area contributed by atoms with Gasteiger partial charge in [-0.05, 0) is 48.5 Å². The van der Waals surface area contributed by atoms with Crippen LogP contribution in [-0.4, -0.2) is 36.8 Å². The van der Waals surface area contributed by atoms with E-state index in [-0.39, 0.29) is 16.6 Å². The summed E-state index contributed by atoms with van der Waals surface area (Å²) in [7, 11) is -7.15. The quantitative estimate of drug-likeness (QED) is 0.351. The van der Waals surface area contributed by atoms with Gasteiger partial charge in [0.2, 0.25) is 0 Å². The first kappa shape index (κ1) is 23.9. The standard InChI is InChI=1S/C28H22NO5PS/c30-27-24-18-10-11-19-26(24)36(33,34)29(27)25(28(31)32)20-35(21-12-4-1-5-13-21,22-14-6-2-7-15-22)23-16-8-3-9-17-23/h1-19,25H,20H2. The van der Waals surface area contributed by atoms with E-state index >= 15 is 0 Å². The van der Waals surface area contributed by atoms with Crippen LogP contribution in [-0.2, 0) is 14.8 Å². The molecule has 8 heteroatoms. The number of benzene rings is 4. The number of sulfonamides is 1. The summed E-state index contributed by atoms with van der Waals surface area (Å²) in [5, 5.41) is 15.3. The van der Waals surface area contributed by atoms with Gasteiger partial charge in [-0.25, -0.2) is 12.7 Å². The Bertz CT molecular complexity index is 1430. The molecule has 1 aliphatic rings. The molecule has 0 saturated heterocycles. The molecule has 0 spiro atoms. The molecular weight excluding hydrogens is 493 g/mol. The molecule has 1 aliphatic heterocycles. The van der Waals surface area contributed by atoms with Crippen molar-refractivity contribution in [3.63, 3.8) is 0 Å². The molecule has 0 N–H and O–H groups in total. The number of rotatable bonds is 7. The van der Waals surface area contributed by atoms with Crippen LogP contribution in [0.5, 0.6) is 0 Å². The van der Waals surface area contributed by atoms with Crippen molar-refractivity contribution in [3.8, 4) is 0 Å². The Kier molecular flexibility index (Phi) is 6.20. The van der Waals surface area contributed by atoms with E-state index in [1.807, 2.05) is 91.0 Å². The van der Waals surface area contributed by atoms with Crippen molar-refractivity contribution in [2.45, 2.75) is 10.9 Å². The van der Waals surface area contributed by atoms with Crippen LogP contribution in [0.2, 0.25) is 0 Å². The molecule has 0 aromatic heterocycles. The molecule has 6 nitrogen and oxygen atoms in total. The first-order valence-electron chi connectivity index (χ1n) is 11.3. The second-order valence-corrected chi connectivity index (χ2v) is 13.8. The maximum absolute atomic E-state index is 13.5. The normalized spacial score (nSPS) is 15.3. The van der Waals surface area contributed by atoms with E-state index < -0.39 is 35.2 Å². The zero-order valence-electron chi connectivity index (χ0n) is 19.1. The molecule has 1 unspecified atom stereocenters. The fourth-order valence-electron chi connectivity index (χ4n) is 4.83. The van der Waals surface area contributed by atoms with Crippen LogP contribution in [0, 0.1) is 0 Å². The molecule has 0 fully saturated rings. The van der Waals surface area contributed by atoms with Gasteiger partial charge in [0, 0.05) is 0 Å². The Morgan fingerprint density at radius 1 is 0.722 bits per heavy atom. The predicted octanol–water partition coefficient (Wildman–Crippen LogP) is 1.94. The van der Waals surface area contributed by atoms with Crippen molar-refractivity contribution >= 4 is 45.1 Å². The molecule has 1 atom stereocenters. The zero-order chi connectivity index (χ0) is 25.3. The molecule has 180 valence electrons. The third-order valence-electron chi connectivity index (χ3n) is 6.45. The van der Waals surface area contributed by atoms with E-state index in [0.29, 0.717) is 4.31 Å². The largest absolute Gasteiger partial charge is 0.548 e. The fraction of sp³-hybridized carbons (Fsp3) is 0.0714. The predicted molar refractivity (Wildman–Crippen MR) is 139 cm³/mol. The van der Waals surface area contributed by atoms with Gasteiger partial charge in [-0.3, -0.25) is 4.79 Å². The number of carboxylic acid groups (broad SMARTS) is 1. The third-order valence-corrected chi connectivity index (χ3v) is 12.7. The van der Waals surface area contributed by atoms with E-state index in [0.717, 1.165) is 15.9 Å². The van der Waals surface area contributed by atoms with Gasteiger partial charge in [-0.1, -0.05) is 66.7 Å². The minimum absolute atomic E-state index is 0.0354. The van der Waals surface area contributed by atoms with Crippen LogP contribution in [0.4, 0.5) is 0 Å². The number of amides is 1. The summed E-state index contributed by atoms with van der Waals surface area (Å²) in [5.41, 5.74) is -0.0354. The lowest BCUT2D eigenvalue weighted by Gasteiger charge is -2.34. The van der Waals surface area contributed by atoms with Crippen molar-refractivity contribution in [1.82, 2.24) is 4.31 Å². The number of carbonyl (C=O) groups is 2. The highest BCUT2D eigenvalue weighted by molar-refractivity contribution is 7.96. The van der Waals surface area contributed by atoms with Crippen molar-refractivity contribution in [2.24, 2.45) is 0 Å². The van der Waals surface area contributed by atoms with Gasteiger partial charge in [0.05, 0.1) is 11.5 Å². The summed E-state index contributed by atoms with van der Waals surface area (Å²) >= 11 is 0. The number of carboxylic acids is 1. The lowest BCUT2D eigenvalue weighted by atomic mass is 10.2. The van der Waals surface area contributed by atoms with E-state index in [1.165, 1.54) is 18.2 Å². The average Bonchev–Trinajstić information content (AvgIpc) is 3.11. The summed E-state index contributed by atoms with van der Waals surface area (Å²) in [4.78, 5) is 25.8. The molecule has 0 saturated carbocycles. The molecule has 1 amide bonds. The Morgan fingerprint density at radius 2 is 1.14 bits per heavy atom. The van der Waals surface area contributed by atoms with Crippen LogP contribution in [0.15, 0.2) is 120 Å². The maximum Gasteiger partial charge on any atom is 0.269 e. The lowest BCUT2D eigenvalue weighted by molar-refractivity contribution is -0.309. The van der Waals surface area contributed by atoms with Gasteiger partial charge >= 0.3 is 0 Å². The SMILES string of the molecule is O=C([O-])C(C[P+](c1ccccc1)(c1ccccc1)c1ccccc1)N1C(=O)c2ccccc2S1(=O)=O. The Labute approximate surface area is 210 Å². The molecule has 0 aliphatic carbocycles. The lowest BCUT2D eigenvalue weighted by Crippen LogP contribution is -2.54. The second-order valence-electron chi connectivity index (χ2n) is 8.44. The van der Waals surface area contributed by atoms with Crippen LogP contribution < -0.4 is 21.0 Å². The van der Waals surface area contributed by atoms with Crippen molar-refractivity contribution in [3.05, 3.63) is 121 Å². The number of nitrogens with zero attached hydrogens (tertiary/aromatic N) is 1. The molecular formula is C28H22NO5PS.